The number of nitrogens with two attached hydrogens (primary N) is 1. The number of carboxylic acid groups (broad SMARTS) is 1. The van der Waals surface area contributed by atoms with Gasteiger partial charge in [-0.25, -0.2) is 4.79 Å². The number of hydrogen-bond acceptors (Lipinski definition) is 6. The SMILES string of the molecule is COc1cc(-c2cccnc2)c(C(C)(Nc2ccc(C(=N)N)cc2)C(=O)O)cc1OC. The molecule has 0 aliphatic heterocycles. The van der Waals surface area contributed by atoms with Crippen molar-refractivity contribution in [3.8, 4) is 22.6 Å². The second kappa shape index (κ2) is 8.74. The van der Waals surface area contributed by atoms with Crippen molar-refractivity contribution in [1.82, 2.24) is 4.98 Å². The van der Waals surface area contributed by atoms with Gasteiger partial charge in [-0.1, -0.05) is 6.07 Å². The predicted octanol–water partition coefficient (Wildman–Crippen LogP) is 3.46. The maximum absolute atomic E-state index is 12.5. The van der Waals surface area contributed by atoms with Gasteiger partial charge in [-0.3, -0.25) is 10.4 Å². The molecule has 5 N–H and O–H groups in total. The highest BCUT2D eigenvalue weighted by Crippen LogP contribution is 2.41. The van der Waals surface area contributed by atoms with Crippen molar-refractivity contribution in [2.45, 2.75) is 12.5 Å². The first-order valence-corrected chi connectivity index (χ1v) is 9.43. The number of pyridine rings is 1. The number of anilines is 1. The number of carbonyl (C=O) groups is 1. The van der Waals surface area contributed by atoms with Gasteiger partial charge in [0.2, 0.25) is 0 Å². The molecular weight excluding hydrogens is 396 g/mol. The molecule has 0 fully saturated rings. The lowest BCUT2D eigenvalue weighted by Crippen LogP contribution is -2.41. The molecule has 0 bridgehead atoms. The number of carboxylic acids is 1. The molecule has 2 aromatic carbocycles. The first-order valence-electron chi connectivity index (χ1n) is 9.43. The smallest absolute Gasteiger partial charge is 0.333 e. The summed E-state index contributed by atoms with van der Waals surface area (Å²) < 4.78 is 10.9. The van der Waals surface area contributed by atoms with Gasteiger partial charge in [0, 0.05) is 34.8 Å². The highest BCUT2D eigenvalue weighted by Gasteiger charge is 2.38. The Bertz CT molecular complexity index is 1100. The van der Waals surface area contributed by atoms with Crippen molar-refractivity contribution in [1.29, 1.82) is 5.41 Å². The fraction of sp³-hybridized carbons (Fsp3) is 0.174. The molecule has 0 aliphatic carbocycles. The molecule has 3 aromatic rings. The van der Waals surface area contributed by atoms with Crippen LogP contribution in [0, 0.1) is 5.41 Å². The van der Waals surface area contributed by atoms with Gasteiger partial charge in [0.05, 0.1) is 14.2 Å². The second-order valence-electron chi connectivity index (χ2n) is 7.04. The van der Waals surface area contributed by atoms with Crippen molar-refractivity contribution in [2.75, 3.05) is 19.5 Å². The lowest BCUT2D eigenvalue weighted by Gasteiger charge is -2.31. The van der Waals surface area contributed by atoms with E-state index < -0.39 is 11.5 Å². The van der Waals surface area contributed by atoms with Gasteiger partial charge in [0.25, 0.3) is 0 Å². The summed E-state index contributed by atoms with van der Waals surface area (Å²) in [6, 6.07) is 13.7. The molecule has 0 radical (unpaired) electrons. The summed E-state index contributed by atoms with van der Waals surface area (Å²) >= 11 is 0. The number of aliphatic carboxylic acids is 1. The van der Waals surface area contributed by atoms with Crippen LogP contribution in [0.15, 0.2) is 60.9 Å². The van der Waals surface area contributed by atoms with Gasteiger partial charge >= 0.3 is 5.97 Å². The number of rotatable bonds is 8. The average molecular weight is 420 g/mol. The Morgan fingerprint density at radius 3 is 2.29 bits per heavy atom. The van der Waals surface area contributed by atoms with Crippen molar-refractivity contribution in [3.63, 3.8) is 0 Å². The van der Waals surface area contributed by atoms with E-state index in [2.05, 4.69) is 10.3 Å². The predicted molar refractivity (Wildman–Crippen MR) is 119 cm³/mol. The lowest BCUT2D eigenvalue weighted by molar-refractivity contribution is -0.142. The Balaban J connectivity index is 2.19. The summed E-state index contributed by atoms with van der Waals surface area (Å²) in [4.78, 5) is 16.7. The summed E-state index contributed by atoms with van der Waals surface area (Å²) in [6.45, 7) is 1.58. The maximum atomic E-state index is 12.5. The number of benzene rings is 2. The molecule has 3 rings (SSSR count). The molecule has 160 valence electrons. The molecule has 1 unspecified atom stereocenters. The maximum Gasteiger partial charge on any atom is 0.333 e. The normalized spacial score (nSPS) is 12.5. The van der Waals surface area contributed by atoms with Crippen molar-refractivity contribution in [2.24, 2.45) is 5.73 Å². The number of aromatic nitrogens is 1. The van der Waals surface area contributed by atoms with Gasteiger partial charge in [0.1, 0.15) is 5.84 Å². The zero-order valence-corrected chi connectivity index (χ0v) is 17.5. The molecular formula is C23H24N4O4. The first-order chi connectivity index (χ1) is 14.8. The standard InChI is InChI=1S/C23H24N4O4/c1-23(22(28)29,27-16-8-6-14(7-9-16)21(24)25)18-12-20(31-3)19(30-2)11-17(18)15-5-4-10-26-13-15/h4-13,27H,1-3H3,(H3,24,25)(H,28,29). The Morgan fingerprint density at radius 2 is 1.77 bits per heavy atom. The molecule has 8 heteroatoms. The average Bonchev–Trinajstić information content (AvgIpc) is 2.78. The van der Waals surface area contributed by atoms with Crippen LogP contribution < -0.4 is 20.5 Å². The summed E-state index contributed by atoms with van der Waals surface area (Å²) in [5, 5.41) is 20.9. The van der Waals surface area contributed by atoms with E-state index >= 15 is 0 Å². The van der Waals surface area contributed by atoms with E-state index in [1.165, 1.54) is 14.2 Å². The molecule has 0 spiro atoms. The Kier molecular flexibility index (Phi) is 6.10. The largest absolute Gasteiger partial charge is 0.493 e. The molecule has 1 heterocycles. The number of ether oxygens (including phenoxy) is 2. The molecule has 0 saturated carbocycles. The number of nitrogen functional groups attached to an aromatic ring is 1. The number of amidine groups is 1. The van der Waals surface area contributed by atoms with Crippen LogP contribution in [-0.4, -0.2) is 36.1 Å². The van der Waals surface area contributed by atoms with Crippen LogP contribution >= 0.6 is 0 Å². The van der Waals surface area contributed by atoms with Gasteiger partial charge < -0.3 is 25.6 Å². The molecule has 1 aromatic heterocycles. The zero-order valence-electron chi connectivity index (χ0n) is 17.5. The summed E-state index contributed by atoms with van der Waals surface area (Å²) in [6.07, 6.45) is 3.31. The van der Waals surface area contributed by atoms with Gasteiger partial charge in [-0.2, -0.15) is 0 Å². The minimum atomic E-state index is -1.53. The third-order valence-electron chi connectivity index (χ3n) is 5.05. The summed E-state index contributed by atoms with van der Waals surface area (Å²) in [5.74, 6) is -0.262. The Labute approximate surface area is 180 Å². The third-order valence-corrected chi connectivity index (χ3v) is 5.05. The van der Waals surface area contributed by atoms with Crippen LogP contribution in [-0.2, 0) is 10.3 Å². The fourth-order valence-corrected chi connectivity index (χ4v) is 3.31. The summed E-state index contributed by atoms with van der Waals surface area (Å²) in [5.41, 5.74) is 6.94. The van der Waals surface area contributed by atoms with E-state index in [1.807, 2.05) is 6.07 Å². The summed E-state index contributed by atoms with van der Waals surface area (Å²) in [7, 11) is 3.02. The monoisotopic (exact) mass is 420 g/mol. The minimum absolute atomic E-state index is 0.0636. The van der Waals surface area contributed by atoms with Crippen LogP contribution in [0.2, 0.25) is 0 Å². The van der Waals surface area contributed by atoms with Crippen LogP contribution in [0.1, 0.15) is 18.1 Å². The number of methoxy groups -OCH3 is 2. The van der Waals surface area contributed by atoms with Gasteiger partial charge in [-0.05, 0) is 55.0 Å². The number of hydrogen-bond donors (Lipinski definition) is 4. The molecule has 0 aliphatic rings. The van der Waals surface area contributed by atoms with Crippen LogP contribution in [0.4, 0.5) is 5.69 Å². The van der Waals surface area contributed by atoms with E-state index in [9.17, 15) is 9.90 Å². The van der Waals surface area contributed by atoms with E-state index in [4.69, 9.17) is 20.6 Å². The first kappa shape index (κ1) is 21.6. The lowest BCUT2D eigenvalue weighted by atomic mass is 9.85. The van der Waals surface area contributed by atoms with Crippen molar-refractivity contribution < 1.29 is 19.4 Å². The number of nitrogens with zero attached hydrogens (tertiary/aromatic N) is 1. The quantitative estimate of drug-likeness (QED) is 0.324. The molecule has 0 amide bonds. The minimum Gasteiger partial charge on any atom is -0.493 e. The van der Waals surface area contributed by atoms with Gasteiger partial charge in [-0.15, -0.1) is 0 Å². The molecule has 1 atom stereocenters. The Hall–Kier alpha value is -4.07. The van der Waals surface area contributed by atoms with E-state index in [-0.39, 0.29) is 5.84 Å². The topological polar surface area (TPSA) is 131 Å². The number of nitrogens with one attached hydrogen (secondary N) is 2. The van der Waals surface area contributed by atoms with Gasteiger partial charge in [0.15, 0.2) is 17.0 Å². The Morgan fingerprint density at radius 1 is 1.13 bits per heavy atom. The van der Waals surface area contributed by atoms with E-state index in [0.29, 0.717) is 33.9 Å². The van der Waals surface area contributed by atoms with Crippen LogP contribution in [0.25, 0.3) is 11.1 Å². The van der Waals surface area contributed by atoms with E-state index in [1.54, 1.807) is 61.8 Å². The van der Waals surface area contributed by atoms with Crippen molar-refractivity contribution >= 4 is 17.5 Å². The second-order valence-corrected chi connectivity index (χ2v) is 7.04. The fourth-order valence-electron chi connectivity index (χ4n) is 3.31. The molecule has 31 heavy (non-hydrogen) atoms. The highest BCUT2D eigenvalue weighted by atomic mass is 16.5. The van der Waals surface area contributed by atoms with Crippen molar-refractivity contribution in [3.05, 3.63) is 72.1 Å². The van der Waals surface area contributed by atoms with Crippen LogP contribution in [0.5, 0.6) is 11.5 Å². The van der Waals surface area contributed by atoms with Crippen LogP contribution in [0.3, 0.4) is 0 Å². The molecule has 0 saturated heterocycles. The third kappa shape index (κ3) is 4.28. The highest BCUT2D eigenvalue weighted by molar-refractivity contribution is 5.95. The van der Waals surface area contributed by atoms with E-state index in [0.717, 1.165) is 5.56 Å². The zero-order chi connectivity index (χ0) is 22.6. The molecule has 8 nitrogen and oxygen atoms in total.